The van der Waals surface area contributed by atoms with Crippen LogP contribution in [0.4, 0.5) is 13.2 Å². The van der Waals surface area contributed by atoms with Gasteiger partial charge >= 0.3 is 5.97 Å². The van der Waals surface area contributed by atoms with Crippen LogP contribution >= 0.6 is 0 Å². The molecule has 4 nitrogen and oxygen atoms in total. The first kappa shape index (κ1) is 17.5. The van der Waals surface area contributed by atoms with Crippen LogP contribution in [-0.2, 0) is 22.4 Å². The fourth-order valence-corrected chi connectivity index (χ4v) is 2.20. The number of hydrogen-bond acceptors (Lipinski definition) is 2. The third-order valence-electron chi connectivity index (χ3n) is 3.27. The molecule has 126 valence electrons. The summed E-state index contributed by atoms with van der Waals surface area (Å²) in [5.74, 6) is -4.05. The minimum absolute atomic E-state index is 0.0428. The molecule has 2 rings (SSSR count). The summed E-state index contributed by atoms with van der Waals surface area (Å²) in [6.45, 7) is 0. The lowest BCUT2D eigenvalue weighted by Gasteiger charge is -2.15. The summed E-state index contributed by atoms with van der Waals surface area (Å²) < 4.78 is 39.0. The molecule has 0 fully saturated rings. The van der Waals surface area contributed by atoms with Crippen molar-refractivity contribution in [3.63, 3.8) is 0 Å². The van der Waals surface area contributed by atoms with Crippen LogP contribution in [0.5, 0.6) is 0 Å². The zero-order valence-electron chi connectivity index (χ0n) is 12.4. The van der Waals surface area contributed by atoms with E-state index in [0.29, 0.717) is 11.6 Å². The highest BCUT2D eigenvalue weighted by atomic mass is 19.1. The van der Waals surface area contributed by atoms with Gasteiger partial charge in [-0.05, 0) is 35.4 Å². The van der Waals surface area contributed by atoms with E-state index in [-0.39, 0.29) is 18.4 Å². The Morgan fingerprint density at radius 2 is 1.50 bits per heavy atom. The third-order valence-corrected chi connectivity index (χ3v) is 3.27. The zero-order valence-corrected chi connectivity index (χ0v) is 12.4. The largest absolute Gasteiger partial charge is 0.480 e. The van der Waals surface area contributed by atoms with Crippen molar-refractivity contribution in [1.29, 1.82) is 0 Å². The van der Waals surface area contributed by atoms with E-state index < -0.39 is 35.4 Å². The number of rotatable bonds is 6. The summed E-state index contributed by atoms with van der Waals surface area (Å²) in [5.41, 5.74) is 0.622. The van der Waals surface area contributed by atoms with Crippen LogP contribution < -0.4 is 5.32 Å². The Labute approximate surface area is 135 Å². The SMILES string of the molecule is O=C(Cc1cc(F)cc(F)c1)N[C@H](Cc1ccc(F)cc1)C(=O)O. The molecular weight excluding hydrogens is 323 g/mol. The molecular formula is C17H14F3NO3. The van der Waals surface area contributed by atoms with Crippen LogP contribution in [0, 0.1) is 17.5 Å². The topological polar surface area (TPSA) is 66.4 Å². The van der Waals surface area contributed by atoms with Crippen LogP contribution in [-0.4, -0.2) is 23.0 Å². The Bertz CT molecular complexity index is 727. The molecule has 0 unspecified atom stereocenters. The van der Waals surface area contributed by atoms with Gasteiger partial charge in [-0.2, -0.15) is 0 Å². The van der Waals surface area contributed by atoms with Gasteiger partial charge in [0, 0.05) is 12.5 Å². The lowest BCUT2D eigenvalue weighted by molar-refractivity contribution is -0.141. The molecule has 1 amide bonds. The zero-order chi connectivity index (χ0) is 17.7. The Kier molecular flexibility index (Phi) is 5.57. The Morgan fingerprint density at radius 3 is 2.04 bits per heavy atom. The van der Waals surface area contributed by atoms with Gasteiger partial charge in [0.2, 0.25) is 5.91 Å². The molecule has 0 aliphatic carbocycles. The molecule has 0 aliphatic heterocycles. The summed E-state index contributed by atoms with van der Waals surface area (Å²) in [6.07, 6.45) is -0.402. The predicted octanol–water partition coefficient (Wildman–Crippen LogP) is 2.46. The van der Waals surface area contributed by atoms with E-state index in [1.54, 1.807) is 0 Å². The second-order valence-electron chi connectivity index (χ2n) is 5.24. The van der Waals surface area contributed by atoms with Crippen molar-refractivity contribution in [3.8, 4) is 0 Å². The maximum Gasteiger partial charge on any atom is 0.326 e. The molecule has 2 aromatic rings. The quantitative estimate of drug-likeness (QED) is 0.851. The average Bonchev–Trinajstić information content (AvgIpc) is 2.47. The normalized spacial score (nSPS) is 11.8. The molecule has 7 heteroatoms. The number of benzene rings is 2. The van der Waals surface area contributed by atoms with Gasteiger partial charge in [0.15, 0.2) is 0 Å². The van der Waals surface area contributed by atoms with Gasteiger partial charge in [-0.1, -0.05) is 12.1 Å². The number of carboxylic acid groups (broad SMARTS) is 1. The van der Waals surface area contributed by atoms with Crippen molar-refractivity contribution in [2.75, 3.05) is 0 Å². The van der Waals surface area contributed by atoms with E-state index in [2.05, 4.69) is 5.32 Å². The third kappa shape index (κ3) is 5.12. The van der Waals surface area contributed by atoms with Crippen molar-refractivity contribution in [3.05, 3.63) is 71.0 Å². The molecule has 0 saturated heterocycles. The van der Waals surface area contributed by atoms with Gasteiger partial charge in [0.25, 0.3) is 0 Å². The number of halogens is 3. The predicted molar refractivity (Wildman–Crippen MR) is 79.7 cm³/mol. The van der Waals surface area contributed by atoms with Gasteiger partial charge in [0.05, 0.1) is 6.42 Å². The summed E-state index contributed by atoms with van der Waals surface area (Å²) in [6, 6.07) is 6.64. The first-order valence-corrected chi connectivity index (χ1v) is 7.05. The number of carboxylic acids is 1. The van der Waals surface area contributed by atoms with Crippen LogP contribution in [0.25, 0.3) is 0 Å². The number of nitrogens with one attached hydrogen (secondary N) is 1. The van der Waals surface area contributed by atoms with Crippen LogP contribution in [0.15, 0.2) is 42.5 Å². The Morgan fingerprint density at radius 1 is 0.917 bits per heavy atom. The van der Waals surface area contributed by atoms with E-state index in [1.807, 2.05) is 0 Å². The van der Waals surface area contributed by atoms with Crippen LogP contribution in [0.2, 0.25) is 0 Å². The van der Waals surface area contributed by atoms with Crippen LogP contribution in [0.3, 0.4) is 0 Å². The monoisotopic (exact) mass is 337 g/mol. The Balaban J connectivity index is 2.02. The number of carbonyl (C=O) groups excluding carboxylic acids is 1. The van der Waals surface area contributed by atoms with E-state index in [1.165, 1.54) is 24.3 Å². The molecule has 0 radical (unpaired) electrons. The molecule has 0 saturated carbocycles. The minimum atomic E-state index is -1.27. The number of carbonyl (C=O) groups is 2. The maximum absolute atomic E-state index is 13.1. The van der Waals surface area contributed by atoms with Crippen molar-refractivity contribution < 1.29 is 27.9 Å². The summed E-state index contributed by atoms with van der Waals surface area (Å²) in [5, 5.41) is 11.5. The molecule has 0 aliphatic rings. The minimum Gasteiger partial charge on any atom is -0.480 e. The molecule has 0 spiro atoms. The molecule has 2 aromatic carbocycles. The standard InChI is InChI=1S/C17H14F3NO3/c18-12-3-1-10(2-4-12)7-15(17(23)24)21-16(22)8-11-5-13(19)9-14(20)6-11/h1-6,9,15H,7-8H2,(H,21,22)(H,23,24)/t15-/m1/s1. The van der Waals surface area contributed by atoms with Crippen LogP contribution in [0.1, 0.15) is 11.1 Å². The molecule has 0 bridgehead atoms. The lowest BCUT2D eigenvalue weighted by atomic mass is 10.1. The van der Waals surface area contributed by atoms with Crippen molar-refractivity contribution >= 4 is 11.9 Å². The summed E-state index contributed by atoms with van der Waals surface area (Å²) in [4.78, 5) is 23.2. The van der Waals surface area contributed by atoms with Gasteiger partial charge < -0.3 is 10.4 Å². The van der Waals surface area contributed by atoms with Gasteiger partial charge in [-0.25, -0.2) is 18.0 Å². The smallest absolute Gasteiger partial charge is 0.326 e. The highest BCUT2D eigenvalue weighted by molar-refractivity contribution is 5.85. The highest BCUT2D eigenvalue weighted by Crippen LogP contribution is 2.10. The molecule has 0 heterocycles. The Hall–Kier alpha value is -2.83. The van der Waals surface area contributed by atoms with Crippen molar-refractivity contribution in [1.82, 2.24) is 5.32 Å². The van der Waals surface area contributed by atoms with E-state index in [9.17, 15) is 27.9 Å². The van der Waals surface area contributed by atoms with E-state index in [0.717, 1.165) is 12.1 Å². The lowest BCUT2D eigenvalue weighted by Crippen LogP contribution is -2.43. The van der Waals surface area contributed by atoms with Crippen molar-refractivity contribution in [2.45, 2.75) is 18.9 Å². The van der Waals surface area contributed by atoms with Gasteiger partial charge in [0.1, 0.15) is 23.5 Å². The number of aliphatic carboxylic acids is 1. The molecule has 2 N–H and O–H groups in total. The van der Waals surface area contributed by atoms with Gasteiger partial charge in [-0.15, -0.1) is 0 Å². The second-order valence-corrected chi connectivity index (χ2v) is 5.24. The molecule has 0 aromatic heterocycles. The maximum atomic E-state index is 13.1. The fraction of sp³-hybridized carbons (Fsp3) is 0.176. The van der Waals surface area contributed by atoms with Gasteiger partial charge in [-0.3, -0.25) is 4.79 Å². The fourth-order valence-electron chi connectivity index (χ4n) is 2.20. The first-order chi connectivity index (χ1) is 11.3. The second kappa shape index (κ2) is 7.63. The highest BCUT2D eigenvalue weighted by Gasteiger charge is 2.20. The number of hydrogen-bond donors (Lipinski definition) is 2. The summed E-state index contributed by atoms with van der Waals surface area (Å²) in [7, 11) is 0. The van der Waals surface area contributed by atoms with Crippen molar-refractivity contribution in [2.24, 2.45) is 0 Å². The average molecular weight is 337 g/mol. The van der Waals surface area contributed by atoms with E-state index >= 15 is 0 Å². The first-order valence-electron chi connectivity index (χ1n) is 7.05. The summed E-state index contributed by atoms with van der Waals surface area (Å²) >= 11 is 0. The van der Waals surface area contributed by atoms with E-state index in [4.69, 9.17) is 0 Å². The number of amides is 1. The molecule has 1 atom stereocenters. The molecule has 24 heavy (non-hydrogen) atoms.